The molecule has 0 aliphatic carbocycles. The third-order valence-corrected chi connectivity index (χ3v) is 1.57. The third-order valence-electron chi connectivity index (χ3n) is 1.57. The standard InChI is InChI=1S/C9H10NO2/c1-12-9(11)8(10)7-5-3-2-4-6-7/h2-6,8,10H,1H3/q-1. The molecule has 1 N–H and O–H groups in total. The van der Waals surface area contributed by atoms with Crippen molar-refractivity contribution in [1.82, 2.24) is 0 Å². The molecule has 3 heteroatoms. The lowest BCUT2D eigenvalue weighted by Crippen LogP contribution is -2.09. The molecule has 0 amide bonds. The maximum absolute atomic E-state index is 10.9. The number of methoxy groups -OCH3 is 1. The van der Waals surface area contributed by atoms with Crippen LogP contribution in [0.4, 0.5) is 0 Å². The summed E-state index contributed by atoms with van der Waals surface area (Å²) in [5.41, 5.74) is 8.10. The second-order valence-electron chi connectivity index (χ2n) is 2.37. The van der Waals surface area contributed by atoms with Crippen LogP contribution in [0.25, 0.3) is 5.73 Å². The van der Waals surface area contributed by atoms with Crippen molar-refractivity contribution in [3.63, 3.8) is 0 Å². The molecule has 3 nitrogen and oxygen atoms in total. The average Bonchev–Trinajstić information content (AvgIpc) is 2.17. The molecule has 0 bridgehead atoms. The molecule has 0 saturated carbocycles. The number of carbonyl (C=O) groups is 1. The van der Waals surface area contributed by atoms with Crippen LogP contribution in [0.5, 0.6) is 0 Å². The first-order valence-electron chi connectivity index (χ1n) is 3.59. The molecule has 1 unspecified atom stereocenters. The van der Waals surface area contributed by atoms with E-state index in [2.05, 4.69) is 4.74 Å². The summed E-state index contributed by atoms with van der Waals surface area (Å²) in [5, 5.41) is 0. The molecule has 1 aromatic rings. The van der Waals surface area contributed by atoms with E-state index in [1.165, 1.54) is 7.11 Å². The topological polar surface area (TPSA) is 50.1 Å². The molecule has 12 heavy (non-hydrogen) atoms. The summed E-state index contributed by atoms with van der Waals surface area (Å²) in [6.45, 7) is 0. The van der Waals surface area contributed by atoms with E-state index in [9.17, 15) is 4.79 Å². The van der Waals surface area contributed by atoms with Crippen LogP contribution >= 0.6 is 0 Å². The second-order valence-corrected chi connectivity index (χ2v) is 2.37. The number of rotatable bonds is 2. The Morgan fingerprint density at radius 3 is 2.50 bits per heavy atom. The first-order valence-corrected chi connectivity index (χ1v) is 3.59. The molecule has 0 saturated heterocycles. The van der Waals surface area contributed by atoms with Crippen molar-refractivity contribution in [3.8, 4) is 0 Å². The van der Waals surface area contributed by atoms with Crippen molar-refractivity contribution < 1.29 is 9.53 Å². The summed E-state index contributed by atoms with van der Waals surface area (Å²) < 4.78 is 4.44. The van der Waals surface area contributed by atoms with Crippen molar-refractivity contribution in [2.24, 2.45) is 0 Å². The number of carbonyl (C=O) groups excluding carboxylic acids is 1. The van der Waals surface area contributed by atoms with Crippen LogP contribution in [0.15, 0.2) is 30.3 Å². The van der Waals surface area contributed by atoms with Gasteiger partial charge in [0, 0.05) is 0 Å². The zero-order valence-electron chi connectivity index (χ0n) is 6.78. The molecule has 0 aliphatic heterocycles. The lowest BCUT2D eigenvalue weighted by molar-refractivity contribution is -0.141. The largest absolute Gasteiger partial charge is 0.661 e. The number of hydrogen-bond acceptors (Lipinski definition) is 2. The van der Waals surface area contributed by atoms with E-state index in [1.54, 1.807) is 24.3 Å². The van der Waals surface area contributed by atoms with Gasteiger partial charge in [-0.1, -0.05) is 35.9 Å². The first-order chi connectivity index (χ1) is 5.75. The number of benzene rings is 1. The molecule has 0 heterocycles. The van der Waals surface area contributed by atoms with E-state index in [4.69, 9.17) is 5.73 Å². The highest BCUT2D eigenvalue weighted by Crippen LogP contribution is 2.16. The highest BCUT2D eigenvalue weighted by molar-refractivity contribution is 5.78. The molecule has 1 atom stereocenters. The average molecular weight is 164 g/mol. The van der Waals surface area contributed by atoms with E-state index < -0.39 is 12.0 Å². The predicted molar refractivity (Wildman–Crippen MR) is 45.5 cm³/mol. The Labute approximate surface area is 71.1 Å². The normalized spacial score (nSPS) is 12.2. The smallest absolute Gasteiger partial charge is 0.291 e. The van der Waals surface area contributed by atoms with E-state index in [0.717, 1.165) is 0 Å². The fraction of sp³-hybridized carbons (Fsp3) is 0.222. The lowest BCUT2D eigenvalue weighted by Gasteiger charge is -2.16. The highest BCUT2D eigenvalue weighted by atomic mass is 16.5. The van der Waals surface area contributed by atoms with E-state index >= 15 is 0 Å². The number of hydrogen-bond donors (Lipinski definition) is 0. The Hall–Kier alpha value is -1.35. The van der Waals surface area contributed by atoms with Gasteiger partial charge in [-0.05, 0) is 6.04 Å². The van der Waals surface area contributed by atoms with Crippen molar-refractivity contribution in [2.45, 2.75) is 6.04 Å². The summed E-state index contributed by atoms with van der Waals surface area (Å²) in [7, 11) is 1.28. The van der Waals surface area contributed by atoms with Crippen LogP contribution in [-0.2, 0) is 9.53 Å². The Balaban J connectivity index is 2.78. The molecule has 0 aliphatic rings. The maximum atomic E-state index is 10.9. The highest BCUT2D eigenvalue weighted by Gasteiger charge is 2.07. The summed E-state index contributed by atoms with van der Waals surface area (Å²) >= 11 is 0. The van der Waals surface area contributed by atoms with Crippen LogP contribution < -0.4 is 0 Å². The van der Waals surface area contributed by atoms with Gasteiger partial charge < -0.3 is 10.5 Å². The second kappa shape index (κ2) is 3.88. The van der Waals surface area contributed by atoms with Crippen molar-refractivity contribution in [3.05, 3.63) is 41.6 Å². The Morgan fingerprint density at radius 2 is 2.00 bits per heavy atom. The molecule has 0 aromatic heterocycles. The molecule has 0 fully saturated rings. The van der Waals surface area contributed by atoms with E-state index in [1.807, 2.05) is 6.07 Å². The van der Waals surface area contributed by atoms with Gasteiger partial charge in [-0.25, -0.2) is 0 Å². The molecule has 1 rings (SSSR count). The number of esters is 1. The van der Waals surface area contributed by atoms with Gasteiger partial charge in [0.1, 0.15) is 0 Å². The zero-order chi connectivity index (χ0) is 8.97. The van der Waals surface area contributed by atoms with Crippen LogP contribution in [0, 0.1) is 0 Å². The first kappa shape index (κ1) is 8.74. The van der Waals surface area contributed by atoms with Gasteiger partial charge in [-0.3, -0.25) is 4.79 Å². The lowest BCUT2D eigenvalue weighted by atomic mass is 10.1. The third kappa shape index (κ3) is 1.83. The zero-order valence-corrected chi connectivity index (χ0v) is 6.78. The quantitative estimate of drug-likeness (QED) is 0.627. The Kier molecular flexibility index (Phi) is 2.82. The van der Waals surface area contributed by atoms with Crippen molar-refractivity contribution in [1.29, 1.82) is 0 Å². The fourth-order valence-corrected chi connectivity index (χ4v) is 0.899. The van der Waals surface area contributed by atoms with Crippen LogP contribution in [-0.4, -0.2) is 13.1 Å². The Bertz CT molecular complexity index is 258. The molecule has 0 spiro atoms. The fourth-order valence-electron chi connectivity index (χ4n) is 0.899. The van der Waals surface area contributed by atoms with Crippen LogP contribution in [0.3, 0.4) is 0 Å². The van der Waals surface area contributed by atoms with Gasteiger partial charge in [0.05, 0.1) is 7.11 Å². The minimum Gasteiger partial charge on any atom is -0.661 e. The van der Waals surface area contributed by atoms with Gasteiger partial charge in [0.25, 0.3) is 5.97 Å². The van der Waals surface area contributed by atoms with Gasteiger partial charge in [-0.2, -0.15) is 0 Å². The van der Waals surface area contributed by atoms with Gasteiger partial charge in [-0.15, -0.1) is 0 Å². The summed E-state index contributed by atoms with van der Waals surface area (Å²) in [6, 6.07) is 7.97. The Morgan fingerprint density at radius 1 is 1.42 bits per heavy atom. The van der Waals surface area contributed by atoms with Crippen molar-refractivity contribution >= 4 is 5.97 Å². The van der Waals surface area contributed by atoms with Gasteiger partial charge in [0.15, 0.2) is 0 Å². The van der Waals surface area contributed by atoms with Gasteiger partial charge >= 0.3 is 0 Å². The van der Waals surface area contributed by atoms with E-state index in [-0.39, 0.29) is 0 Å². The van der Waals surface area contributed by atoms with E-state index in [0.29, 0.717) is 5.56 Å². The minimum absolute atomic E-state index is 0.527. The molecule has 0 radical (unpaired) electrons. The minimum atomic E-state index is -0.920. The van der Waals surface area contributed by atoms with Crippen LogP contribution in [0.1, 0.15) is 11.6 Å². The van der Waals surface area contributed by atoms with Crippen molar-refractivity contribution in [2.75, 3.05) is 7.11 Å². The molecule has 1 aromatic carbocycles. The monoisotopic (exact) mass is 164 g/mol. The van der Waals surface area contributed by atoms with Gasteiger partial charge in [0.2, 0.25) is 0 Å². The summed E-state index contributed by atoms with van der Waals surface area (Å²) in [4.78, 5) is 10.9. The van der Waals surface area contributed by atoms with Crippen LogP contribution in [0.2, 0.25) is 0 Å². The number of nitrogens with one attached hydrogen (secondary N) is 1. The predicted octanol–water partition coefficient (Wildman–Crippen LogP) is 1.95. The maximum Gasteiger partial charge on any atom is 0.291 e. The molecular weight excluding hydrogens is 154 g/mol. The molecule has 64 valence electrons. The number of ether oxygens (including phenoxy) is 1. The SMILES string of the molecule is COC(=O)C([NH-])c1ccccc1. The molecular formula is C9H10NO2-. The summed E-state index contributed by atoms with van der Waals surface area (Å²) in [5.74, 6) is -0.527. The summed E-state index contributed by atoms with van der Waals surface area (Å²) in [6.07, 6.45) is 0.